The molecule has 0 saturated heterocycles. The Morgan fingerprint density at radius 1 is 1.31 bits per heavy atom. The summed E-state index contributed by atoms with van der Waals surface area (Å²) in [6, 6.07) is 7.04. The Morgan fingerprint density at radius 2 is 2.19 bits per heavy atom. The first kappa shape index (κ1) is 9.89. The molecule has 16 heavy (non-hydrogen) atoms. The molecule has 0 aromatic heterocycles. The summed E-state index contributed by atoms with van der Waals surface area (Å²) in [5.74, 6) is 1.36. The normalized spacial score (nSPS) is 26.2. The fourth-order valence-electron chi connectivity index (χ4n) is 3.05. The van der Waals surface area contributed by atoms with Crippen molar-refractivity contribution in [1.82, 2.24) is 0 Å². The topological polar surface area (TPSA) is 0 Å². The first-order valence-corrected chi connectivity index (χ1v) is 6.26. The van der Waals surface area contributed by atoms with E-state index in [0.29, 0.717) is 11.8 Å². The SMILES string of the molecule is CCc1ccc2c(c1)CC1C=C(C)C=CC21. The highest BCUT2D eigenvalue weighted by Crippen LogP contribution is 2.42. The van der Waals surface area contributed by atoms with Crippen LogP contribution in [0, 0.1) is 5.92 Å². The van der Waals surface area contributed by atoms with Crippen LogP contribution in [-0.2, 0) is 12.8 Å². The van der Waals surface area contributed by atoms with E-state index in [1.165, 1.54) is 17.6 Å². The summed E-state index contributed by atoms with van der Waals surface area (Å²) in [6.45, 7) is 4.43. The first-order chi connectivity index (χ1) is 7.78. The van der Waals surface area contributed by atoms with Crippen molar-refractivity contribution in [3.8, 4) is 0 Å². The maximum atomic E-state index is 2.44. The van der Waals surface area contributed by atoms with Crippen LogP contribution in [0.5, 0.6) is 0 Å². The Kier molecular flexibility index (Phi) is 2.24. The predicted octanol–water partition coefficient (Wildman–Crippen LogP) is 4.02. The average Bonchev–Trinajstić information content (AvgIpc) is 2.64. The molecule has 0 fully saturated rings. The van der Waals surface area contributed by atoms with Crippen LogP contribution in [0.15, 0.2) is 42.0 Å². The van der Waals surface area contributed by atoms with E-state index in [9.17, 15) is 0 Å². The largest absolute Gasteiger partial charge is 0.0772 e. The van der Waals surface area contributed by atoms with Gasteiger partial charge in [-0.1, -0.05) is 48.9 Å². The van der Waals surface area contributed by atoms with Crippen molar-refractivity contribution in [2.45, 2.75) is 32.6 Å². The van der Waals surface area contributed by atoms with Gasteiger partial charge in [-0.25, -0.2) is 0 Å². The number of hydrogen-bond acceptors (Lipinski definition) is 0. The van der Waals surface area contributed by atoms with Crippen LogP contribution in [0.1, 0.15) is 36.5 Å². The predicted molar refractivity (Wildman–Crippen MR) is 68.7 cm³/mol. The van der Waals surface area contributed by atoms with Crippen molar-refractivity contribution in [2.24, 2.45) is 5.92 Å². The zero-order chi connectivity index (χ0) is 11.1. The van der Waals surface area contributed by atoms with Crippen LogP contribution in [-0.4, -0.2) is 0 Å². The molecule has 0 nitrogen and oxygen atoms in total. The third-order valence-corrected chi connectivity index (χ3v) is 3.94. The summed E-state index contributed by atoms with van der Waals surface area (Å²) in [6.07, 6.45) is 9.47. The fourth-order valence-corrected chi connectivity index (χ4v) is 3.05. The average molecular weight is 210 g/mol. The lowest BCUT2D eigenvalue weighted by Crippen LogP contribution is -2.06. The molecule has 0 heterocycles. The van der Waals surface area contributed by atoms with Crippen LogP contribution >= 0.6 is 0 Å². The molecular weight excluding hydrogens is 192 g/mol. The van der Waals surface area contributed by atoms with E-state index in [-0.39, 0.29) is 0 Å². The van der Waals surface area contributed by atoms with Gasteiger partial charge in [0.15, 0.2) is 0 Å². The van der Waals surface area contributed by atoms with Gasteiger partial charge in [-0.15, -0.1) is 0 Å². The van der Waals surface area contributed by atoms with Crippen LogP contribution < -0.4 is 0 Å². The minimum atomic E-state index is 0.643. The zero-order valence-corrected chi connectivity index (χ0v) is 10.0. The number of rotatable bonds is 1. The number of aryl methyl sites for hydroxylation is 1. The van der Waals surface area contributed by atoms with Crippen molar-refractivity contribution >= 4 is 0 Å². The van der Waals surface area contributed by atoms with E-state index in [4.69, 9.17) is 0 Å². The van der Waals surface area contributed by atoms with Gasteiger partial charge in [-0.2, -0.15) is 0 Å². The molecule has 0 N–H and O–H groups in total. The summed E-state index contributed by atoms with van der Waals surface area (Å²) in [5, 5.41) is 0. The van der Waals surface area contributed by atoms with Crippen molar-refractivity contribution < 1.29 is 0 Å². The summed E-state index contributed by atoms with van der Waals surface area (Å²) < 4.78 is 0. The second-order valence-corrected chi connectivity index (χ2v) is 5.05. The van der Waals surface area contributed by atoms with Crippen molar-refractivity contribution in [3.63, 3.8) is 0 Å². The highest BCUT2D eigenvalue weighted by atomic mass is 14.3. The van der Waals surface area contributed by atoms with E-state index in [1.807, 2.05) is 0 Å². The fraction of sp³-hybridized carbons (Fsp3) is 0.375. The molecule has 3 rings (SSSR count). The summed E-state index contributed by atoms with van der Waals surface area (Å²) >= 11 is 0. The molecule has 82 valence electrons. The molecule has 1 aromatic carbocycles. The highest BCUT2D eigenvalue weighted by molar-refractivity contribution is 5.46. The highest BCUT2D eigenvalue weighted by Gasteiger charge is 2.30. The molecule has 0 saturated carbocycles. The van der Waals surface area contributed by atoms with Crippen LogP contribution in [0.25, 0.3) is 0 Å². The van der Waals surface area contributed by atoms with E-state index in [0.717, 1.165) is 6.42 Å². The van der Waals surface area contributed by atoms with Gasteiger partial charge in [0.25, 0.3) is 0 Å². The third-order valence-electron chi connectivity index (χ3n) is 3.94. The lowest BCUT2D eigenvalue weighted by molar-refractivity contribution is 0.625. The quantitative estimate of drug-likeness (QED) is 0.656. The lowest BCUT2D eigenvalue weighted by Gasteiger charge is -2.18. The van der Waals surface area contributed by atoms with Crippen molar-refractivity contribution in [3.05, 3.63) is 58.7 Å². The molecule has 1 aromatic rings. The van der Waals surface area contributed by atoms with Crippen LogP contribution in [0.4, 0.5) is 0 Å². The van der Waals surface area contributed by atoms with Gasteiger partial charge in [0.1, 0.15) is 0 Å². The monoisotopic (exact) mass is 210 g/mol. The maximum Gasteiger partial charge on any atom is 0.00901 e. The standard InChI is InChI=1S/C16H18/c1-3-12-5-7-16-14(9-12)10-13-8-11(2)4-6-15(13)16/h4-9,13,15H,3,10H2,1-2H3. The van der Waals surface area contributed by atoms with Crippen molar-refractivity contribution in [1.29, 1.82) is 0 Å². The molecule has 0 aliphatic heterocycles. The Morgan fingerprint density at radius 3 is 3.00 bits per heavy atom. The summed E-state index contributed by atoms with van der Waals surface area (Å²) in [7, 11) is 0. The van der Waals surface area contributed by atoms with Crippen LogP contribution in [0.2, 0.25) is 0 Å². The minimum absolute atomic E-state index is 0.643. The summed E-state index contributed by atoms with van der Waals surface area (Å²) in [5.41, 5.74) is 6.03. The first-order valence-electron chi connectivity index (χ1n) is 6.26. The molecule has 0 heteroatoms. The number of benzene rings is 1. The van der Waals surface area contributed by atoms with E-state index in [2.05, 4.69) is 50.3 Å². The van der Waals surface area contributed by atoms with Gasteiger partial charge in [0, 0.05) is 5.92 Å². The number of hydrogen-bond donors (Lipinski definition) is 0. The zero-order valence-electron chi connectivity index (χ0n) is 10.0. The van der Waals surface area contributed by atoms with Gasteiger partial charge in [0.2, 0.25) is 0 Å². The smallest absolute Gasteiger partial charge is 0.00901 e. The molecule has 0 radical (unpaired) electrons. The molecule has 2 aliphatic rings. The molecule has 2 unspecified atom stereocenters. The maximum absolute atomic E-state index is 2.44. The Hall–Kier alpha value is -1.30. The third kappa shape index (κ3) is 1.44. The molecule has 2 aliphatic carbocycles. The molecule has 0 bridgehead atoms. The second-order valence-electron chi connectivity index (χ2n) is 5.05. The minimum Gasteiger partial charge on any atom is -0.0772 e. The van der Waals surface area contributed by atoms with Gasteiger partial charge >= 0.3 is 0 Å². The molecule has 0 amide bonds. The van der Waals surface area contributed by atoms with E-state index < -0.39 is 0 Å². The van der Waals surface area contributed by atoms with E-state index >= 15 is 0 Å². The van der Waals surface area contributed by atoms with Gasteiger partial charge in [-0.05, 0) is 42.4 Å². The van der Waals surface area contributed by atoms with Gasteiger partial charge in [-0.3, -0.25) is 0 Å². The molecular formula is C16H18. The molecule has 2 atom stereocenters. The second kappa shape index (κ2) is 3.62. The number of allylic oxidation sites excluding steroid dienone is 4. The van der Waals surface area contributed by atoms with E-state index in [1.54, 1.807) is 11.1 Å². The Labute approximate surface area is 97.7 Å². The number of fused-ring (bicyclic) bond motifs is 3. The summed E-state index contributed by atoms with van der Waals surface area (Å²) in [4.78, 5) is 0. The van der Waals surface area contributed by atoms with Gasteiger partial charge in [0.05, 0.1) is 0 Å². The van der Waals surface area contributed by atoms with Crippen LogP contribution in [0.3, 0.4) is 0 Å². The Balaban J connectivity index is 2.02. The Bertz CT molecular complexity index is 477. The van der Waals surface area contributed by atoms with Gasteiger partial charge < -0.3 is 0 Å². The molecule has 0 spiro atoms. The van der Waals surface area contributed by atoms with Crippen molar-refractivity contribution in [2.75, 3.05) is 0 Å². The lowest BCUT2D eigenvalue weighted by atomic mass is 9.86.